The number of hydrogen-bond acceptors (Lipinski definition) is 3. The van der Waals surface area contributed by atoms with Gasteiger partial charge in [-0.15, -0.1) is 0 Å². The van der Waals surface area contributed by atoms with Crippen molar-refractivity contribution < 1.29 is 14.3 Å². The summed E-state index contributed by atoms with van der Waals surface area (Å²) in [6, 6.07) is 15.5. The third-order valence-corrected chi connectivity index (χ3v) is 4.76. The largest absolute Gasteiger partial charge is 0.497 e. The van der Waals surface area contributed by atoms with Crippen LogP contribution in [0.1, 0.15) is 36.9 Å². The summed E-state index contributed by atoms with van der Waals surface area (Å²) < 4.78 is 10.7. The molecule has 0 aromatic heterocycles. The quantitative estimate of drug-likeness (QED) is 0.882. The Morgan fingerprint density at radius 3 is 2.38 bits per heavy atom. The van der Waals surface area contributed by atoms with Crippen LogP contribution >= 0.6 is 0 Å². The Labute approximate surface area is 142 Å². The lowest BCUT2D eigenvalue weighted by atomic mass is 9.94. The highest BCUT2D eigenvalue weighted by Crippen LogP contribution is 2.48. The van der Waals surface area contributed by atoms with Crippen LogP contribution in [-0.4, -0.2) is 20.1 Å². The van der Waals surface area contributed by atoms with Crippen molar-refractivity contribution in [2.75, 3.05) is 14.2 Å². The highest BCUT2D eigenvalue weighted by molar-refractivity contribution is 5.91. The molecule has 24 heavy (non-hydrogen) atoms. The second-order valence-corrected chi connectivity index (χ2v) is 6.25. The third-order valence-electron chi connectivity index (χ3n) is 4.76. The molecule has 2 aromatic rings. The summed E-state index contributed by atoms with van der Waals surface area (Å²) in [4.78, 5) is 12.9. The molecule has 1 unspecified atom stereocenters. The van der Waals surface area contributed by atoms with Crippen LogP contribution in [0.4, 0.5) is 0 Å². The molecule has 0 bridgehead atoms. The fourth-order valence-electron chi connectivity index (χ4n) is 3.12. The standard InChI is InChI=1S/C20H23NO3/c1-14(17-13-16(23-2)9-10-18(17)24-3)21-19(22)20(11-12-20)15-7-5-4-6-8-15/h4-10,13-14H,11-12H2,1-3H3,(H,21,22). The Balaban J connectivity index is 1.80. The van der Waals surface area contributed by atoms with E-state index >= 15 is 0 Å². The lowest BCUT2D eigenvalue weighted by Gasteiger charge is -2.22. The molecule has 1 amide bonds. The zero-order valence-electron chi connectivity index (χ0n) is 14.3. The lowest BCUT2D eigenvalue weighted by molar-refractivity contribution is -0.124. The molecule has 4 heteroatoms. The summed E-state index contributed by atoms with van der Waals surface area (Å²) >= 11 is 0. The van der Waals surface area contributed by atoms with Crippen LogP contribution in [-0.2, 0) is 10.2 Å². The van der Waals surface area contributed by atoms with Gasteiger partial charge in [0.1, 0.15) is 11.5 Å². The van der Waals surface area contributed by atoms with Gasteiger partial charge in [0, 0.05) is 5.56 Å². The predicted octanol–water partition coefficient (Wildman–Crippen LogP) is 3.61. The highest BCUT2D eigenvalue weighted by Gasteiger charge is 2.51. The number of ether oxygens (including phenoxy) is 2. The SMILES string of the molecule is COc1ccc(OC)c(C(C)NC(=O)C2(c3ccccc3)CC2)c1. The summed E-state index contributed by atoms with van der Waals surface area (Å²) in [5.74, 6) is 1.57. The molecule has 0 heterocycles. The molecule has 4 nitrogen and oxygen atoms in total. The summed E-state index contributed by atoms with van der Waals surface area (Å²) in [7, 11) is 3.26. The first-order chi connectivity index (χ1) is 11.6. The maximum atomic E-state index is 12.9. The zero-order chi connectivity index (χ0) is 17.2. The van der Waals surface area contributed by atoms with Gasteiger partial charge in [-0.25, -0.2) is 0 Å². The second kappa shape index (κ2) is 6.56. The summed E-state index contributed by atoms with van der Waals surface area (Å²) in [5, 5.41) is 3.15. The fraction of sp³-hybridized carbons (Fsp3) is 0.350. The fourth-order valence-corrected chi connectivity index (χ4v) is 3.12. The maximum absolute atomic E-state index is 12.9. The Morgan fingerprint density at radius 1 is 1.08 bits per heavy atom. The molecule has 0 saturated heterocycles. The lowest BCUT2D eigenvalue weighted by Crippen LogP contribution is -2.36. The van der Waals surface area contributed by atoms with E-state index in [1.165, 1.54) is 0 Å². The van der Waals surface area contributed by atoms with Crippen LogP contribution in [0.5, 0.6) is 11.5 Å². The Hall–Kier alpha value is -2.49. The summed E-state index contributed by atoms with van der Waals surface area (Å²) in [5.41, 5.74) is 1.63. The third kappa shape index (κ3) is 2.96. The first kappa shape index (κ1) is 16.4. The van der Waals surface area contributed by atoms with Crippen molar-refractivity contribution in [3.63, 3.8) is 0 Å². The van der Waals surface area contributed by atoms with E-state index < -0.39 is 0 Å². The molecule has 3 rings (SSSR count). The van der Waals surface area contributed by atoms with E-state index in [-0.39, 0.29) is 17.4 Å². The Morgan fingerprint density at radius 2 is 1.79 bits per heavy atom. The first-order valence-electron chi connectivity index (χ1n) is 8.19. The molecule has 1 N–H and O–H groups in total. The van der Waals surface area contributed by atoms with Gasteiger partial charge in [-0.05, 0) is 43.5 Å². The normalized spacial score (nSPS) is 16.1. The summed E-state index contributed by atoms with van der Waals surface area (Å²) in [6.07, 6.45) is 1.79. The molecule has 1 aliphatic carbocycles. The van der Waals surface area contributed by atoms with Gasteiger partial charge in [-0.1, -0.05) is 30.3 Å². The van der Waals surface area contributed by atoms with Crippen molar-refractivity contribution in [1.29, 1.82) is 0 Å². The van der Waals surface area contributed by atoms with Gasteiger partial charge in [0.2, 0.25) is 5.91 Å². The van der Waals surface area contributed by atoms with Crippen molar-refractivity contribution in [2.24, 2.45) is 0 Å². The number of benzene rings is 2. The molecule has 1 saturated carbocycles. The minimum absolute atomic E-state index is 0.0751. The summed E-state index contributed by atoms with van der Waals surface area (Å²) in [6.45, 7) is 1.97. The number of carbonyl (C=O) groups excluding carboxylic acids is 1. The van der Waals surface area contributed by atoms with Crippen molar-refractivity contribution in [2.45, 2.75) is 31.2 Å². The smallest absolute Gasteiger partial charge is 0.231 e. The van der Waals surface area contributed by atoms with Gasteiger partial charge >= 0.3 is 0 Å². The van der Waals surface area contributed by atoms with Gasteiger partial charge < -0.3 is 14.8 Å². The predicted molar refractivity (Wildman–Crippen MR) is 93.5 cm³/mol. The number of nitrogens with one attached hydrogen (secondary N) is 1. The zero-order valence-corrected chi connectivity index (χ0v) is 14.3. The minimum Gasteiger partial charge on any atom is -0.497 e. The molecule has 126 valence electrons. The molecule has 1 atom stereocenters. The van der Waals surface area contributed by atoms with Crippen LogP contribution in [0.25, 0.3) is 0 Å². The topological polar surface area (TPSA) is 47.6 Å². The van der Waals surface area contributed by atoms with Crippen LogP contribution in [0.15, 0.2) is 48.5 Å². The van der Waals surface area contributed by atoms with E-state index in [1.54, 1.807) is 14.2 Å². The monoisotopic (exact) mass is 325 g/mol. The molecule has 0 spiro atoms. The van der Waals surface area contributed by atoms with Gasteiger partial charge in [0.05, 0.1) is 25.7 Å². The van der Waals surface area contributed by atoms with Crippen LogP contribution in [0.3, 0.4) is 0 Å². The molecule has 2 aromatic carbocycles. The van der Waals surface area contributed by atoms with Crippen LogP contribution in [0.2, 0.25) is 0 Å². The molecule has 1 aliphatic rings. The van der Waals surface area contributed by atoms with Gasteiger partial charge in [-0.3, -0.25) is 4.79 Å². The van der Waals surface area contributed by atoms with E-state index in [0.29, 0.717) is 0 Å². The van der Waals surface area contributed by atoms with Gasteiger partial charge in [0.25, 0.3) is 0 Å². The maximum Gasteiger partial charge on any atom is 0.231 e. The molecule has 0 aliphatic heterocycles. The number of amides is 1. The van der Waals surface area contributed by atoms with Crippen LogP contribution < -0.4 is 14.8 Å². The van der Waals surface area contributed by atoms with Gasteiger partial charge in [-0.2, -0.15) is 0 Å². The van der Waals surface area contributed by atoms with Crippen molar-refractivity contribution in [3.8, 4) is 11.5 Å². The molecular formula is C20H23NO3. The number of rotatable bonds is 6. The average Bonchev–Trinajstić information content (AvgIpc) is 3.43. The van der Waals surface area contributed by atoms with Crippen molar-refractivity contribution in [3.05, 3.63) is 59.7 Å². The van der Waals surface area contributed by atoms with E-state index in [2.05, 4.69) is 5.32 Å². The van der Waals surface area contributed by atoms with E-state index in [0.717, 1.165) is 35.5 Å². The van der Waals surface area contributed by atoms with Gasteiger partial charge in [0.15, 0.2) is 0 Å². The van der Waals surface area contributed by atoms with Crippen molar-refractivity contribution >= 4 is 5.91 Å². The minimum atomic E-state index is -0.373. The number of methoxy groups -OCH3 is 2. The number of hydrogen-bond donors (Lipinski definition) is 1. The highest BCUT2D eigenvalue weighted by atomic mass is 16.5. The van der Waals surface area contributed by atoms with Crippen LogP contribution in [0, 0.1) is 0 Å². The van der Waals surface area contributed by atoms with E-state index in [4.69, 9.17) is 9.47 Å². The second-order valence-electron chi connectivity index (χ2n) is 6.25. The Kier molecular flexibility index (Phi) is 4.47. The van der Waals surface area contributed by atoms with Crippen molar-refractivity contribution in [1.82, 2.24) is 5.32 Å². The average molecular weight is 325 g/mol. The number of carbonyl (C=O) groups is 1. The van der Waals surface area contributed by atoms with E-state index in [1.807, 2.05) is 55.5 Å². The van der Waals surface area contributed by atoms with E-state index in [9.17, 15) is 4.79 Å². The first-order valence-corrected chi connectivity index (χ1v) is 8.19. The molecular weight excluding hydrogens is 302 g/mol. The Bertz CT molecular complexity index is 723. The molecule has 0 radical (unpaired) electrons. The molecule has 1 fully saturated rings.